The Kier molecular flexibility index (Phi) is 6.06. The standard InChI is InChI=1S/C20H27N3O3/c1-3-26-10-9-23-18(11-14(2)22-23)20(25)21-19(16-12-17(24)13-16)15-7-5-4-6-8-15/h4-8,11,16-17,19,24H,3,9-10,12-13H2,1-2H3,(H,21,25)/t16?,17?,19-/m1/s1. The van der Waals surface area contributed by atoms with Gasteiger partial charge >= 0.3 is 0 Å². The summed E-state index contributed by atoms with van der Waals surface area (Å²) in [7, 11) is 0. The Morgan fingerprint density at radius 3 is 2.77 bits per heavy atom. The van der Waals surface area contributed by atoms with Crippen LogP contribution in [0.5, 0.6) is 0 Å². The molecule has 3 rings (SSSR count). The van der Waals surface area contributed by atoms with E-state index in [1.807, 2.05) is 44.2 Å². The van der Waals surface area contributed by atoms with Gasteiger partial charge in [0.05, 0.1) is 31.0 Å². The lowest BCUT2D eigenvalue weighted by Gasteiger charge is -2.38. The molecule has 0 unspecified atom stereocenters. The van der Waals surface area contributed by atoms with Crippen LogP contribution in [0.15, 0.2) is 36.4 Å². The Bertz CT molecular complexity index is 723. The van der Waals surface area contributed by atoms with Crippen molar-refractivity contribution in [1.82, 2.24) is 15.1 Å². The average Bonchev–Trinajstić information content (AvgIpc) is 2.99. The van der Waals surface area contributed by atoms with Gasteiger partial charge in [0.15, 0.2) is 0 Å². The molecule has 26 heavy (non-hydrogen) atoms. The van der Waals surface area contributed by atoms with E-state index >= 15 is 0 Å². The van der Waals surface area contributed by atoms with E-state index in [1.165, 1.54) is 0 Å². The van der Waals surface area contributed by atoms with E-state index in [4.69, 9.17) is 4.74 Å². The fourth-order valence-electron chi connectivity index (χ4n) is 3.45. The summed E-state index contributed by atoms with van der Waals surface area (Å²) in [6, 6.07) is 11.6. The number of aliphatic hydroxyl groups is 1. The van der Waals surface area contributed by atoms with Gasteiger partial charge in [-0.3, -0.25) is 9.48 Å². The predicted molar refractivity (Wildman–Crippen MR) is 98.8 cm³/mol. The maximum absolute atomic E-state index is 12.9. The maximum Gasteiger partial charge on any atom is 0.270 e. The second-order valence-electron chi connectivity index (χ2n) is 6.84. The largest absolute Gasteiger partial charge is 0.393 e. The Balaban J connectivity index is 1.76. The van der Waals surface area contributed by atoms with E-state index in [0.29, 0.717) is 38.3 Å². The minimum atomic E-state index is -0.262. The van der Waals surface area contributed by atoms with Gasteiger partial charge in [-0.2, -0.15) is 5.10 Å². The van der Waals surface area contributed by atoms with Gasteiger partial charge in [0, 0.05) is 6.61 Å². The van der Waals surface area contributed by atoms with E-state index in [-0.39, 0.29) is 24.0 Å². The molecule has 1 amide bonds. The van der Waals surface area contributed by atoms with Crippen LogP contribution in [0.4, 0.5) is 0 Å². The number of aliphatic hydroxyl groups excluding tert-OH is 1. The number of benzene rings is 1. The molecular formula is C20H27N3O3. The zero-order valence-corrected chi connectivity index (χ0v) is 15.4. The Morgan fingerprint density at radius 2 is 2.12 bits per heavy atom. The van der Waals surface area contributed by atoms with E-state index in [2.05, 4.69) is 10.4 Å². The molecule has 1 aliphatic rings. The number of rotatable bonds is 8. The first-order chi connectivity index (χ1) is 12.6. The lowest BCUT2D eigenvalue weighted by Crippen LogP contribution is -2.42. The Hall–Kier alpha value is -2.18. The van der Waals surface area contributed by atoms with Crippen molar-refractivity contribution < 1.29 is 14.6 Å². The molecule has 1 fully saturated rings. The molecular weight excluding hydrogens is 330 g/mol. The third-order valence-corrected chi connectivity index (χ3v) is 4.85. The second kappa shape index (κ2) is 8.47. The van der Waals surface area contributed by atoms with Crippen LogP contribution in [-0.2, 0) is 11.3 Å². The number of carbonyl (C=O) groups is 1. The summed E-state index contributed by atoms with van der Waals surface area (Å²) in [5.41, 5.74) is 2.42. The van der Waals surface area contributed by atoms with Crippen LogP contribution in [0.1, 0.15) is 47.6 Å². The highest BCUT2D eigenvalue weighted by Crippen LogP contribution is 2.38. The summed E-state index contributed by atoms with van der Waals surface area (Å²) in [4.78, 5) is 12.9. The third kappa shape index (κ3) is 4.31. The molecule has 1 aromatic carbocycles. The van der Waals surface area contributed by atoms with Crippen LogP contribution in [-0.4, -0.2) is 40.1 Å². The number of aromatic nitrogens is 2. The molecule has 1 atom stereocenters. The maximum atomic E-state index is 12.9. The van der Waals surface area contributed by atoms with Crippen molar-refractivity contribution in [2.75, 3.05) is 13.2 Å². The zero-order valence-electron chi connectivity index (χ0n) is 15.4. The molecule has 2 aromatic rings. The predicted octanol–water partition coefficient (Wildman–Crippen LogP) is 2.47. The summed E-state index contributed by atoms with van der Waals surface area (Å²) in [6.45, 7) is 5.53. The van der Waals surface area contributed by atoms with Gasteiger partial charge in [-0.1, -0.05) is 30.3 Å². The van der Waals surface area contributed by atoms with Crippen LogP contribution in [0.3, 0.4) is 0 Å². The fraction of sp³-hybridized carbons (Fsp3) is 0.500. The molecule has 0 saturated heterocycles. The number of nitrogens with zero attached hydrogens (tertiary/aromatic N) is 2. The molecule has 1 aliphatic carbocycles. The molecule has 1 heterocycles. The second-order valence-corrected chi connectivity index (χ2v) is 6.84. The van der Waals surface area contributed by atoms with Gasteiger partial charge in [0.25, 0.3) is 5.91 Å². The number of ether oxygens (including phenoxy) is 1. The highest BCUT2D eigenvalue weighted by atomic mass is 16.5. The third-order valence-electron chi connectivity index (χ3n) is 4.85. The molecule has 6 nitrogen and oxygen atoms in total. The number of nitrogens with one attached hydrogen (secondary N) is 1. The summed E-state index contributed by atoms with van der Waals surface area (Å²) in [5, 5.41) is 17.3. The summed E-state index contributed by atoms with van der Waals surface area (Å²) in [6.07, 6.45) is 1.16. The fourth-order valence-corrected chi connectivity index (χ4v) is 3.45. The minimum absolute atomic E-state index is 0.109. The SMILES string of the molecule is CCOCCn1nc(C)cc1C(=O)N[C@H](c1ccccc1)C1CC(O)C1. The smallest absolute Gasteiger partial charge is 0.270 e. The van der Waals surface area contributed by atoms with Crippen molar-refractivity contribution in [3.63, 3.8) is 0 Å². The van der Waals surface area contributed by atoms with E-state index < -0.39 is 0 Å². The number of amides is 1. The van der Waals surface area contributed by atoms with E-state index in [0.717, 1.165) is 11.3 Å². The topological polar surface area (TPSA) is 76.4 Å². The van der Waals surface area contributed by atoms with Crippen molar-refractivity contribution in [2.45, 2.75) is 45.4 Å². The van der Waals surface area contributed by atoms with E-state index in [9.17, 15) is 9.90 Å². The van der Waals surface area contributed by atoms with Crippen LogP contribution < -0.4 is 5.32 Å². The van der Waals surface area contributed by atoms with Gasteiger partial charge in [-0.15, -0.1) is 0 Å². The lowest BCUT2D eigenvalue weighted by molar-refractivity contribution is 0.0234. The minimum Gasteiger partial charge on any atom is -0.393 e. The molecule has 0 bridgehead atoms. The van der Waals surface area contributed by atoms with Crippen LogP contribution in [0, 0.1) is 12.8 Å². The van der Waals surface area contributed by atoms with Crippen molar-refractivity contribution in [3.8, 4) is 0 Å². The number of carbonyl (C=O) groups excluding carboxylic acids is 1. The van der Waals surface area contributed by atoms with Crippen LogP contribution in [0.25, 0.3) is 0 Å². The molecule has 0 aliphatic heterocycles. The molecule has 0 spiro atoms. The number of hydrogen-bond donors (Lipinski definition) is 2. The van der Waals surface area contributed by atoms with E-state index in [1.54, 1.807) is 10.7 Å². The zero-order chi connectivity index (χ0) is 18.5. The molecule has 1 aromatic heterocycles. The highest BCUT2D eigenvalue weighted by Gasteiger charge is 2.36. The summed E-state index contributed by atoms with van der Waals surface area (Å²) < 4.78 is 7.09. The van der Waals surface area contributed by atoms with Gasteiger partial charge < -0.3 is 15.2 Å². The van der Waals surface area contributed by atoms with Gasteiger partial charge in [-0.25, -0.2) is 0 Å². The number of aryl methyl sites for hydroxylation is 1. The highest BCUT2D eigenvalue weighted by molar-refractivity contribution is 5.93. The van der Waals surface area contributed by atoms with Gasteiger partial charge in [0.2, 0.25) is 0 Å². The molecule has 1 saturated carbocycles. The molecule has 2 N–H and O–H groups in total. The van der Waals surface area contributed by atoms with Gasteiger partial charge in [0.1, 0.15) is 5.69 Å². The molecule has 0 radical (unpaired) electrons. The molecule has 140 valence electrons. The lowest BCUT2D eigenvalue weighted by atomic mass is 9.75. The van der Waals surface area contributed by atoms with Crippen molar-refractivity contribution in [1.29, 1.82) is 0 Å². The quantitative estimate of drug-likeness (QED) is 0.712. The first kappa shape index (κ1) is 18.6. The summed E-state index contributed by atoms with van der Waals surface area (Å²) >= 11 is 0. The van der Waals surface area contributed by atoms with Crippen molar-refractivity contribution in [2.24, 2.45) is 5.92 Å². The Morgan fingerprint density at radius 1 is 1.38 bits per heavy atom. The number of hydrogen-bond acceptors (Lipinski definition) is 4. The normalized spacial score (nSPS) is 20.4. The van der Waals surface area contributed by atoms with Crippen molar-refractivity contribution >= 4 is 5.91 Å². The monoisotopic (exact) mass is 357 g/mol. The van der Waals surface area contributed by atoms with Crippen LogP contribution >= 0.6 is 0 Å². The summed E-state index contributed by atoms with van der Waals surface area (Å²) in [5.74, 6) is 0.106. The van der Waals surface area contributed by atoms with Crippen LogP contribution in [0.2, 0.25) is 0 Å². The average molecular weight is 357 g/mol. The van der Waals surface area contributed by atoms with Gasteiger partial charge in [-0.05, 0) is 44.2 Å². The Labute approximate surface area is 154 Å². The first-order valence-corrected chi connectivity index (χ1v) is 9.24. The molecule has 6 heteroatoms. The van der Waals surface area contributed by atoms with Crippen molar-refractivity contribution in [3.05, 3.63) is 53.3 Å². The first-order valence-electron chi connectivity index (χ1n) is 9.24.